The quantitative estimate of drug-likeness (QED) is 0.508. The Kier molecular flexibility index (Phi) is 5.56. The van der Waals surface area contributed by atoms with Gasteiger partial charge in [-0.2, -0.15) is 13.2 Å². The average molecular weight is 430 g/mol. The Hall–Kier alpha value is -2.80. The average Bonchev–Trinajstić information content (AvgIpc) is 3.27. The second-order valence-electron chi connectivity index (χ2n) is 7.34. The van der Waals surface area contributed by atoms with Gasteiger partial charge in [0.25, 0.3) is 0 Å². The molecule has 3 aromatic rings. The van der Waals surface area contributed by atoms with Crippen LogP contribution >= 0.6 is 11.3 Å². The van der Waals surface area contributed by atoms with Gasteiger partial charge in [-0.1, -0.05) is 36.9 Å². The molecule has 30 heavy (non-hydrogen) atoms. The summed E-state index contributed by atoms with van der Waals surface area (Å²) in [4.78, 5) is 4.52. The van der Waals surface area contributed by atoms with Crippen molar-refractivity contribution < 1.29 is 17.9 Å². The number of ether oxygens (including phenoxy) is 1. The van der Waals surface area contributed by atoms with Gasteiger partial charge in [0.05, 0.1) is 22.9 Å². The number of hydrogen-bond acceptors (Lipinski definition) is 4. The molecule has 0 spiro atoms. The summed E-state index contributed by atoms with van der Waals surface area (Å²) in [6, 6.07) is 11.6. The molecule has 1 N–H and O–H groups in total. The second-order valence-corrected chi connectivity index (χ2v) is 8.43. The minimum absolute atomic E-state index is 0.356. The number of alkyl halides is 3. The molecular weight excluding hydrogens is 409 g/mol. The lowest BCUT2D eigenvalue weighted by Gasteiger charge is -2.09. The maximum atomic E-state index is 12.9. The molecule has 0 fully saturated rings. The molecule has 2 aromatic carbocycles. The molecule has 0 aliphatic carbocycles. The van der Waals surface area contributed by atoms with Crippen molar-refractivity contribution in [3.05, 3.63) is 87.7 Å². The Labute approximate surface area is 177 Å². The van der Waals surface area contributed by atoms with Crippen molar-refractivity contribution in [2.75, 3.05) is 11.9 Å². The number of allylic oxidation sites excluding steroid dienone is 1. The number of anilines is 1. The summed E-state index contributed by atoms with van der Waals surface area (Å²) in [5.41, 5.74) is 3.97. The van der Waals surface area contributed by atoms with Crippen LogP contribution in [0.3, 0.4) is 0 Å². The van der Waals surface area contributed by atoms with E-state index in [-0.39, 0.29) is 0 Å². The summed E-state index contributed by atoms with van der Waals surface area (Å²) in [5.74, 6) is 0.954. The second kappa shape index (κ2) is 8.14. The zero-order valence-electron chi connectivity index (χ0n) is 16.5. The van der Waals surface area contributed by atoms with E-state index < -0.39 is 11.7 Å². The third-order valence-electron chi connectivity index (χ3n) is 4.91. The van der Waals surface area contributed by atoms with E-state index >= 15 is 0 Å². The molecular formula is C23H21F3N2OS. The number of halogens is 3. The minimum atomic E-state index is -4.34. The molecule has 0 saturated heterocycles. The Balaban J connectivity index is 1.42. The molecule has 4 rings (SSSR count). The number of benzene rings is 2. The fourth-order valence-corrected chi connectivity index (χ4v) is 4.52. The van der Waals surface area contributed by atoms with Crippen LogP contribution in [0.1, 0.15) is 33.0 Å². The number of aryl methyl sites for hydroxylation is 1. The molecule has 0 amide bonds. The van der Waals surface area contributed by atoms with Crippen LogP contribution < -0.4 is 10.1 Å². The number of thiazole rings is 1. The lowest BCUT2D eigenvalue weighted by atomic mass is 10.1. The van der Waals surface area contributed by atoms with E-state index in [2.05, 4.69) is 22.9 Å². The summed E-state index contributed by atoms with van der Waals surface area (Å²) >= 11 is 1.44. The summed E-state index contributed by atoms with van der Waals surface area (Å²) in [6.45, 7) is 6.74. The molecule has 1 aromatic heterocycles. The van der Waals surface area contributed by atoms with Crippen LogP contribution in [0.25, 0.3) is 0 Å². The first kappa shape index (κ1) is 20.5. The number of rotatable bonds is 6. The third kappa shape index (κ3) is 4.67. The summed E-state index contributed by atoms with van der Waals surface area (Å²) in [7, 11) is 0. The van der Waals surface area contributed by atoms with Crippen molar-refractivity contribution in [3.8, 4) is 5.75 Å². The number of nitrogens with zero attached hydrogens (tertiary/aromatic N) is 1. The van der Waals surface area contributed by atoms with Crippen molar-refractivity contribution >= 4 is 16.3 Å². The topological polar surface area (TPSA) is 34.1 Å². The zero-order valence-corrected chi connectivity index (χ0v) is 17.3. The van der Waals surface area contributed by atoms with E-state index in [1.165, 1.54) is 29.0 Å². The lowest BCUT2D eigenvalue weighted by molar-refractivity contribution is -0.137. The number of aromatic nitrogens is 1. The van der Waals surface area contributed by atoms with E-state index in [0.29, 0.717) is 18.4 Å². The highest BCUT2D eigenvalue weighted by Gasteiger charge is 2.30. The van der Waals surface area contributed by atoms with Crippen LogP contribution in [0.2, 0.25) is 0 Å². The predicted octanol–water partition coefficient (Wildman–Crippen LogP) is 6.16. The molecule has 7 heteroatoms. The Morgan fingerprint density at radius 1 is 1.20 bits per heavy atom. The normalized spacial score (nSPS) is 13.1. The van der Waals surface area contributed by atoms with Crippen LogP contribution in [-0.4, -0.2) is 11.6 Å². The molecule has 1 aliphatic heterocycles. The van der Waals surface area contributed by atoms with Gasteiger partial charge in [0.2, 0.25) is 0 Å². The monoisotopic (exact) mass is 430 g/mol. The maximum Gasteiger partial charge on any atom is 0.416 e. The van der Waals surface area contributed by atoms with E-state index in [9.17, 15) is 13.2 Å². The van der Waals surface area contributed by atoms with Gasteiger partial charge < -0.3 is 10.1 Å². The molecule has 2 heterocycles. The molecule has 156 valence electrons. The highest BCUT2D eigenvalue weighted by molar-refractivity contribution is 7.15. The number of nitrogens with one attached hydrogen (secondary N) is 1. The van der Waals surface area contributed by atoms with Gasteiger partial charge in [0, 0.05) is 25.0 Å². The third-order valence-corrected chi connectivity index (χ3v) is 5.99. The molecule has 0 bridgehead atoms. The highest BCUT2D eigenvalue weighted by atomic mass is 32.1. The summed E-state index contributed by atoms with van der Waals surface area (Å²) < 4.78 is 44.3. The standard InChI is InChI=1S/C23H21F3N2OS/c1-14(10-17-6-7-20-18(11-17)8-9-29-20)27-22-15(2)28-21(30-22)13-16-4-3-5-19(12-16)23(24,25)26/h3-7,11-12,27H,1,8-10,13H2,2H3. The van der Waals surface area contributed by atoms with Crippen LogP contribution in [0.4, 0.5) is 18.2 Å². The van der Waals surface area contributed by atoms with Gasteiger partial charge in [-0.15, -0.1) is 11.3 Å². The molecule has 0 radical (unpaired) electrons. The van der Waals surface area contributed by atoms with E-state index in [1.807, 2.05) is 19.1 Å². The molecule has 3 nitrogen and oxygen atoms in total. The van der Waals surface area contributed by atoms with Crippen molar-refractivity contribution in [1.82, 2.24) is 4.98 Å². The van der Waals surface area contributed by atoms with Crippen LogP contribution in [0, 0.1) is 6.92 Å². The van der Waals surface area contributed by atoms with Gasteiger partial charge in [-0.25, -0.2) is 4.98 Å². The van der Waals surface area contributed by atoms with Crippen molar-refractivity contribution in [1.29, 1.82) is 0 Å². The largest absolute Gasteiger partial charge is 0.493 e. The van der Waals surface area contributed by atoms with Crippen LogP contribution in [0.15, 0.2) is 54.7 Å². The highest BCUT2D eigenvalue weighted by Crippen LogP contribution is 2.32. The Bertz CT molecular complexity index is 1090. The predicted molar refractivity (Wildman–Crippen MR) is 113 cm³/mol. The van der Waals surface area contributed by atoms with Crippen molar-refractivity contribution in [2.24, 2.45) is 0 Å². The SMILES string of the molecule is C=C(Cc1ccc2c(c1)CCO2)Nc1sc(Cc2cccc(C(F)(F)F)c2)nc1C. The molecule has 0 atom stereocenters. The first-order valence-corrected chi connectivity index (χ1v) is 10.4. The summed E-state index contributed by atoms with van der Waals surface area (Å²) in [6.07, 6.45) is -2.39. The minimum Gasteiger partial charge on any atom is -0.493 e. The first-order valence-electron chi connectivity index (χ1n) is 9.60. The van der Waals surface area contributed by atoms with Gasteiger partial charge in [-0.3, -0.25) is 0 Å². The fraction of sp³-hybridized carbons (Fsp3) is 0.261. The number of fused-ring (bicyclic) bond motifs is 1. The van der Waals surface area contributed by atoms with Crippen LogP contribution in [-0.2, 0) is 25.4 Å². The van der Waals surface area contributed by atoms with Gasteiger partial charge in [0.15, 0.2) is 0 Å². The van der Waals surface area contributed by atoms with Crippen molar-refractivity contribution in [2.45, 2.75) is 32.4 Å². The smallest absolute Gasteiger partial charge is 0.416 e. The first-order chi connectivity index (χ1) is 14.3. The van der Waals surface area contributed by atoms with E-state index in [0.717, 1.165) is 51.8 Å². The molecule has 1 aliphatic rings. The van der Waals surface area contributed by atoms with Gasteiger partial charge in [-0.05, 0) is 35.7 Å². The maximum absolute atomic E-state index is 12.9. The number of hydrogen-bond donors (Lipinski definition) is 1. The van der Waals surface area contributed by atoms with Crippen molar-refractivity contribution in [3.63, 3.8) is 0 Å². The van der Waals surface area contributed by atoms with E-state index in [1.54, 1.807) is 6.07 Å². The Morgan fingerprint density at radius 2 is 2.03 bits per heavy atom. The fourth-order valence-electron chi connectivity index (χ4n) is 3.48. The molecule has 0 unspecified atom stereocenters. The van der Waals surface area contributed by atoms with Gasteiger partial charge in [0.1, 0.15) is 10.8 Å². The van der Waals surface area contributed by atoms with Gasteiger partial charge >= 0.3 is 6.18 Å². The van der Waals surface area contributed by atoms with Crippen LogP contribution in [0.5, 0.6) is 5.75 Å². The lowest BCUT2D eigenvalue weighted by Crippen LogP contribution is -2.05. The summed E-state index contributed by atoms with van der Waals surface area (Å²) in [5, 5.41) is 4.95. The van der Waals surface area contributed by atoms with E-state index in [4.69, 9.17) is 4.74 Å². The Morgan fingerprint density at radius 3 is 2.83 bits per heavy atom. The zero-order chi connectivity index (χ0) is 21.3. The molecule has 0 saturated carbocycles.